The smallest absolute Gasteiger partial charge is 0.267 e. The van der Waals surface area contributed by atoms with E-state index in [1.165, 1.54) is 0 Å². The zero-order valence-corrected chi connectivity index (χ0v) is 10.3. The molecule has 5 heteroatoms. The van der Waals surface area contributed by atoms with Crippen LogP contribution in [0.3, 0.4) is 0 Å². The van der Waals surface area contributed by atoms with Gasteiger partial charge in [0.25, 0.3) is 5.56 Å². The van der Waals surface area contributed by atoms with E-state index in [1.807, 2.05) is 26.2 Å². The first-order chi connectivity index (χ1) is 7.63. The third-order valence-corrected chi connectivity index (χ3v) is 3.04. The van der Waals surface area contributed by atoms with E-state index >= 15 is 0 Å². The normalized spacial score (nSPS) is 11.2. The Morgan fingerprint density at radius 1 is 1.38 bits per heavy atom. The molecule has 0 spiro atoms. The Labute approximate surface area is 97.5 Å². The molecule has 0 radical (unpaired) electrons. The summed E-state index contributed by atoms with van der Waals surface area (Å²) < 4.78 is 0. The molecule has 2 aromatic heterocycles. The molecule has 0 aliphatic heterocycles. The van der Waals surface area contributed by atoms with E-state index < -0.39 is 0 Å². The first kappa shape index (κ1) is 11.1. The van der Waals surface area contributed by atoms with Crippen molar-refractivity contribution in [2.45, 2.75) is 24.8 Å². The lowest BCUT2D eigenvalue weighted by molar-refractivity contribution is 0.786. The molecular formula is C11H13N3OS. The van der Waals surface area contributed by atoms with Crippen molar-refractivity contribution in [2.24, 2.45) is 0 Å². The Hall–Kier alpha value is -1.36. The van der Waals surface area contributed by atoms with Crippen molar-refractivity contribution in [1.29, 1.82) is 0 Å². The quantitative estimate of drug-likeness (QED) is 0.810. The van der Waals surface area contributed by atoms with Crippen LogP contribution in [-0.4, -0.2) is 21.4 Å². The van der Waals surface area contributed by atoms with Crippen LogP contribution in [0.4, 0.5) is 0 Å². The fourth-order valence-corrected chi connectivity index (χ4v) is 1.95. The number of pyridine rings is 1. The summed E-state index contributed by atoms with van der Waals surface area (Å²) in [5.74, 6) is 0.240. The van der Waals surface area contributed by atoms with E-state index in [-0.39, 0.29) is 11.5 Å². The molecule has 2 rings (SSSR count). The number of rotatable bonds is 2. The zero-order chi connectivity index (χ0) is 11.7. The number of H-pyrrole nitrogens is 1. The summed E-state index contributed by atoms with van der Waals surface area (Å²) >= 11 is 1.56. The van der Waals surface area contributed by atoms with Crippen LogP contribution in [0.1, 0.15) is 25.5 Å². The van der Waals surface area contributed by atoms with Gasteiger partial charge in [0, 0.05) is 0 Å². The van der Waals surface area contributed by atoms with E-state index in [9.17, 15) is 4.79 Å². The molecule has 84 valence electrons. The highest BCUT2D eigenvalue weighted by atomic mass is 32.2. The molecule has 0 fully saturated rings. The third kappa shape index (κ3) is 1.82. The van der Waals surface area contributed by atoms with Crippen molar-refractivity contribution in [3.8, 4) is 0 Å². The first-order valence-corrected chi connectivity index (χ1v) is 6.29. The van der Waals surface area contributed by atoms with Crippen LogP contribution in [0.15, 0.2) is 22.0 Å². The third-order valence-electron chi connectivity index (χ3n) is 2.39. The van der Waals surface area contributed by atoms with Gasteiger partial charge >= 0.3 is 0 Å². The SMILES string of the molecule is CSc1ccc2c(=O)[nH]nc(C(C)C)c2n1. The molecule has 2 aromatic rings. The molecule has 0 atom stereocenters. The Morgan fingerprint density at radius 2 is 2.12 bits per heavy atom. The molecule has 1 N–H and O–H groups in total. The zero-order valence-electron chi connectivity index (χ0n) is 9.44. The van der Waals surface area contributed by atoms with Crippen LogP contribution in [0.2, 0.25) is 0 Å². The summed E-state index contributed by atoms with van der Waals surface area (Å²) in [5.41, 5.74) is 1.37. The lowest BCUT2D eigenvalue weighted by Crippen LogP contribution is -2.12. The number of aromatic amines is 1. The number of thioether (sulfide) groups is 1. The van der Waals surface area contributed by atoms with Crippen LogP contribution < -0.4 is 5.56 Å². The lowest BCUT2D eigenvalue weighted by atomic mass is 10.1. The number of hydrogen-bond donors (Lipinski definition) is 1. The van der Waals surface area contributed by atoms with Crippen LogP contribution in [0.25, 0.3) is 10.9 Å². The van der Waals surface area contributed by atoms with Gasteiger partial charge in [0.1, 0.15) is 5.52 Å². The van der Waals surface area contributed by atoms with Gasteiger partial charge in [-0.2, -0.15) is 5.10 Å². The van der Waals surface area contributed by atoms with Gasteiger partial charge in [0.2, 0.25) is 0 Å². The minimum absolute atomic E-state index is 0.181. The molecule has 16 heavy (non-hydrogen) atoms. The Morgan fingerprint density at radius 3 is 2.75 bits per heavy atom. The maximum atomic E-state index is 11.6. The summed E-state index contributed by atoms with van der Waals surface area (Å²) in [6.45, 7) is 4.07. The molecular weight excluding hydrogens is 222 g/mol. The highest BCUT2D eigenvalue weighted by molar-refractivity contribution is 7.98. The predicted octanol–water partition coefficient (Wildman–Crippen LogP) is 2.16. The molecule has 0 saturated carbocycles. The number of fused-ring (bicyclic) bond motifs is 1. The Bertz CT molecular complexity index is 577. The van der Waals surface area contributed by atoms with Crippen molar-refractivity contribution in [3.63, 3.8) is 0 Å². The van der Waals surface area contributed by atoms with E-state index in [2.05, 4.69) is 15.2 Å². The highest BCUT2D eigenvalue weighted by Crippen LogP contribution is 2.21. The average Bonchev–Trinajstić information content (AvgIpc) is 2.28. The van der Waals surface area contributed by atoms with Gasteiger partial charge < -0.3 is 0 Å². The maximum absolute atomic E-state index is 11.6. The van der Waals surface area contributed by atoms with Gasteiger partial charge in [-0.15, -0.1) is 11.8 Å². The van der Waals surface area contributed by atoms with E-state index in [4.69, 9.17) is 0 Å². The average molecular weight is 235 g/mol. The summed E-state index contributed by atoms with van der Waals surface area (Å²) in [4.78, 5) is 16.0. The number of nitrogens with zero attached hydrogens (tertiary/aromatic N) is 2. The van der Waals surface area contributed by atoms with Crippen molar-refractivity contribution < 1.29 is 0 Å². The summed E-state index contributed by atoms with van der Waals surface area (Å²) in [6.07, 6.45) is 1.96. The van der Waals surface area contributed by atoms with Crippen LogP contribution in [-0.2, 0) is 0 Å². The van der Waals surface area contributed by atoms with Crippen molar-refractivity contribution in [1.82, 2.24) is 15.2 Å². The van der Waals surface area contributed by atoms with E-state index in [0.717, 1.165) is 10.7 Å². The van der Waals surface area contributed by atoms with Crippen molar-refractivity contribution in [2.75, 3.05) is 6.26 Å². The largest absolute Gasteiger partial charge is 0.273 e. The van der Waals surface area contributed by atoms with Crippen molar-refractivity contribution in [3.05, 3.63) is 28.2 Å². The molecule has 4 nitrogen and oxygen atoms in total. The molecule has 2 heterocycles. The predicted molar refractivity (Wildman–Crippen MR) is 66.0 cm³/mol. The highest BCUT2D eigenvalue weighted by Gasteiger charge is 2.11. The van der Waals surface area contributed by atoms with Gasteiger partial charge in [-0.3, -0.25) is 4.79 Å². The van der Waals surface area contributed by atoms with E-state index in [0.29, 0.717) is 10.9 Å². The molecule has 0 aliphatic carbocycles. The van der Waals surface area contributed by atoms with Gasteiger partial charge in [0.15, 0.2) is 0 Å². The summed E-state index contributed by atoms with van der Waals surface area (Å²) in [7, 11) is 0. The second-order valence-corrected chi connectivity index (χ2v) is 4.67. The second-order valence-electron chi connectivity index (χ2n) is 3.84. The van der Waals surface area contributed by atoms with Crippen LogP contribution in [0.5, 0.6) is 0 Å². The van der Waals surface area contributed by atoms with Crippen LogP contribution >= 0.6 is 11.8 Å². The van der Waals surface area contributed by atoms with E-state index in [1.54, 1.807) is 17.8 Å². The molecule has 0 bridgehead atoms. The van der Waals surface area contributed by atoms with Gasteiger partial charge in [-0.1, -0.05) is 13.8 Å². The number of hydrogen-bond acceptors (Lipinski definition) is 4. The topological polar surface area (TPSA) is 58.6 Å². The van der Waals surface area contributed by atoms with Gasteiger partial charge in [-0.25, -0.2) is 10.1 Å². The van der Waals surface area contributed by atoms with Gasteiger partial charge in [0.05, 0.1) is 16.1 Å². The molecule has 0 saturated heterocycles. The summed E-state index contributed by atoms with van der Waals surface area (Å²) in [6, 6.07) is 3.66. The monoisotopic (exact) mass is 235 g/mol. The lowest BCUT2D eigenvalue weighted by Gasteiger charge is -2.07. The van der Waals surface area contributed by atoms with Crippen molar-refractivity contribution >= 4 is 22.7 Å². The Kier molecular flexibility index (Phi) is 2.96. The van der Waals surface area contributed by atoms with Crippen LogP contribution in [0, 0.1) is 0 Å². The first-order valence-electron chi connectivity index (χ1n) is 5.06. The van der Waals surface area contributed by atoms with Gasteiger partial charge in [-0.05, 0) is 24.3 Å². The fourth-order valence-electron chi connectivity index (χ4n) is 1.56. The molecule has 0 amide bonds. The second kappa shape index (κ2) is 4.25. The standard InChI is InChI=1S/C11H13N3OS/c1-6(2)9-10-7(11(15)14-13-9)4-5-8(12-10)16-3/h4-6H,1-3H3,(H,14,15). The molecule has 0 unspecified atom stereocenters. The fraction of sp³-hybridized carbons (Fsp3) is 0.364. The number of nitrogens with one attached hydrogen (secondary N) is 1. The maximum Gasteiger partial charge on any atom is 0.273 e. The number of aromatic nitrogens is 3. The molecule has 0 aliphatic rings. The minimum Gasteiger partial charge on any atom is -0.267 e. The summed E-state index contributed by atoms with van der Waals surface area (Å²) in [5, 5.41) is 8.09. The molecule has 0 aromatic carbocycles. The minimum atomic E-state index is -0.181. The Balaban J connectivity index is 2.83.